The number of carbonyl (C=O) groups excluding carboxylic acids is 1. The maximum Gasteiger partial charge on any atom is 0.407 e. The fourth-order valence-corrected chi connectivity index (χ4v) is 8.20. The van der Waals surface area contributed by atoms with Crippen LogP contribution in [0.4, 0.5) is 15.3 Å². The molecule has 3 amide bonds. The number of pyridine rings is 1. The van der Waals surface area contributed by atoms with Gasteiger partial charge in [-0.3, -0.25) is 4.98 Å². The molecule has 1 aliphatic rings. The Kier molecular flexibility index (Phi) is 10.1. The molecule has 1 aliphatic carbocycles. The largest absolute Gasteiger partial charge is 0.465 e. The molecule has 0 bridgehead atoms. The number of carbonyl (C=O) groups is 2. The number of aromatic nitrogens is 2. The normalized spacial score (nSPS) is 17.4. The average Bonchev–Trinajstić information content (AvgIpc) is 3.41. The van der Waals surface area contributed by atoms with Gasteiger partial charge in [-0.1, -0.05) is 12.1 Å². The number of rotatable bonds is 9. The van der Waals surface area contributed by atoms with Crippen LogP contribution in [0.5, 0.6) is 0 Å². The molecule has 1 saturated carbocycles. The summed E-state index contributed by atoms with van der Waals surface area (Å²) in [5, 5.41) is 16.0. The van der Waals surface area contributed by atoms with Gasteiger partial charge in [0.25, 0.3) is 0 Å². The van der Waals surface area contributed by atoms with Crippen LogP contribution in [0.3, 0.4) is 0 Å². The number of nitrogens with zero attached hydrogens (tertiary/aromatic N) is 3. The van der Waals surface area contributed by atoms with Gasteiger partial charge in [-0.2, -0.15) is 0 Å². The Hall–Kier alpha value is -3.55. The molecule has 1 fully saturated rings. The average molecular weight is 629 g/mol. The van der Waals surface area contributed by atoms with Gasteiger partial charge in [-0.15, -0.1) is 11.3 Å². The standard InChI is InChI=1S/C30H40N6O5S2/c1-19(2)36(29(38)39)23-11-8-21(9-12-23)27-32-18-25(42-27)24-13-10-22(15-26(24)43(40,41)35-30(3,4)5)34-28(37)33-17-20-7-6-14-31-16-20/h6-7,10,13-16,18-19,21,23,35H,8-9,11-12,17H2,1-5H3,(H,38,39)(H2,33,34,37)/t21-,23-. The summed E-state index contributed by atoms with van der Waals surface area (Å²) in [6.45, 7) is 9.36. The van der Waals surface area contributed by atoms with Crippen molar-refractivity contribution in [2.45, 2.75) is 95.3 Å². The van der Waals surface area contributed by atoms with Crippen molar-refractivity contribution in [3.05, 3.63) is 59.5 Å². The van der Waals surface area contributed by atoms with Crippen molar-refractivity contribution in [1.82, 2.24) is 24.9 Å². The van der Waals surface area contributed by atoms with Crippen LogP contribution in [0.25, 0.3) is 10.4 Å². The van der Waals surface area contributed by atoms with Gasteiger partial charge in [0.15, 0.2) is 0 Å². The van der Waals surface area contributed by atoms with Crippen LogP contribution >= 0.6 is 11.3 Å². The summed E-state index contributed by atoms with van der Waals surface area (Å²) in [7, 11) is -3.97. The molecular weight excluding hydrogens is 589 g/mol. The second-order valence-corrected chi connectivity index (χ2v) is 14.8. The first kappa shape index (κ1) is 32.4. The molecule has 4 rings (SSSR count). The SMILES string of the molecule is CC(C)N(C(=O)O)[C@H]1CC[C@H](c2ncc(-c3ccc(NC(=O)NCc4cccnc4)cc3S(=O)(=O)NC(C)(C)C)s2)CC1. The molecular formula is C30H40N6O5S2. The third-order valence-electron chi connectivity index (χ3n) is 7.15. The first-order valence-electron chi connectivity index (χ1n) is 14.3. The van der Waals surface area contributed by atoms with Gasteiger partial charge in [0, 0.05) is 59.9 Å². The fraction of sp³-hybridized carbons (Fsp3) is 0.467. The number of thiazole rings is 1. The number of urea groups is 1. The highest BCUT2D eigenvalue weighted by Crippen LogP contribution is 2.41. The molecule has 4 N–H and O–H groups in total. The van der Waals surface area contributed by atoms with Crippen LogP contribution in [0.2, 0.25) is 0 Å². The summed E-state index contributed by atoms with van der Waals surface area (Å²) in [6, 6.07) is 7.87. The van der Waals surface area contributed by atoms with Crippen LogP contribution in [-0.2, 0) is 16.6 Å². The number of hydrogen-bond acceptors (Lipinski definition) is 7. The van der Waals surface area contributed by atoms with E-state index in [2.05, 4.69) is 25.3 Å². The molecule has 3 aromatic rings. The number of benzene rings is 1. The number of hydrogen-bond donors (Lipinski definition) is 4. The summed E-state index contributed by atoms with van der Waals surface area (Å²) in [6.07, 6.45) is 7.23. The molecule has 0 radical (unpaired) electrons. The first-order chi connectivity index (χ1) is 20.2. The molecule has 0 unspecified atom stereocenters. The van der Waals surface area contributed by atoms with Gasteiger partial charge in [-0.05, 0) is 84.1 Å². The summed E-state index contributed by atoms with van der Waals surface area (Å²) in [4.78, 5) is 35.3. The highest BCUT2D eigenvalue weighted by Gasteiger charge is 2.32. The van der Waals surface area contributed by atoms with Crippen molar-refractivity contribution in [1.29, 1.82) is 0 Å². The van der Waals surface area contributed by atoms with Crippen LogP contribution in [-0.4, -0.2) is 58.1 Å². The zero-order valence-corrected chi connectivity index (χ0v) is 26.8. The maximum absolute atomic E-state index is 13.6. The lowest BCUT2D eigenvalue weighted by molar-refractivity contribution is 0.0906. The molecule has 43 heavy (non-hydrogen) atoms. The first-order valence-corrected chi connectivity index (χ1v) is 16.6. The zero-order chi connectivity index (χ0) is 31.4. The van der Waals surface area contributed by atoms with E-state index in [1.807, 2.05) is 19.9 Å². The second-order valence-electron chi connectivity index (χ2n) is 12.1. The molecule has 11 nitrogen and oxygen atoms in total. The Morgan fingerprint density at radius 3 is 2.44 bits per heavy atom. The van der Waals surface area contributed by atoms with Crippen molar-refractivity contribution in [3.63, 3.8) is 0 Å². The van der Waals surface area contributed by atoms with Gasteiger partial charge in [-0.25, -0.2) is 27.7 Å². The Bertz CT molecular complexity index is 1530. The number of anilines is 1. The van der Waals surface area contributed by atoms with E-state index in [1.54, 1.807) is 57.6 Å². The Labute approximate surface area is 257 Å². The number of nitrogens with one attached hydrogen (secondary N) is 3. The summed E-state index contributed by atoms with van der Waals surface area (Å²) < 4.78 is 29.9. The molecule has 1 aromatic carbocycles. The van der Waals surface area contributed by atoms with Crippen LogP contribution in [0.15, 0.2) is 53.8 Å². The number of carboxylic acid groups (broad SMARTS) is 1. The number of amides is 3. The van der Waals surface area contributed by atoms with Gasteiger partial charge < -0.3 is 20.6 Å². The molecule has 2 heterocycles. The van der Waals surface area contributed by atoms with Gasteiger partial charge >= 0.3 is 12.1 Å². The maximum atomic E-state index is 13.6. The van der Waals surface area contributed by atoms with Crippen molar-refractivity contribution in [2.24, 2.45) is 0 Å². The topological polar surface area (TPSA) is 154 Å². The Morgan fingerprint density at radius 1 is 1.12 bits per heavy atom. The molecule has 0 saturated heterocycles. The predicted molar refractivity (Wildman–Crippen MR) is 168 cm³/mol. The molecule has 0 atom stereocenters. The second kappa shape index (κ2) is 13.4. The van der Waals surface area contributed by atoms with Crippen molar-refractivity contribution in [2.75, 3.05) is 5.32 Å². The highest BCUT2D eigenvalue weighted by atomic mass is 32.2. The smallest absolute Gasteiger partial charge is 0.407 e. The van der Waals surface area contributed by atoms with Gasteiger partial charge in [0.2, 0.25) is 10.0 Å². The van der Waals surface area contributed by atoms with Crippen LogP contribution in [0, 0.1) is 0 Å². The minimum Gasteiger partial charge on any atom is -0.465 e. The predicted octanol–water partition coefficient (Wildman–Crippen LogP) is 6.02. The molecule has 232 valence electrons. The lowest BCUT2D eigenvalue weighted by Gasteiger charge is -2.37. The monoisotopic (exact) mass is 628 g/mol. The summed E-state index contributed by atoms with van der Waals surface area (Å²) in [5.41, 5.74) is 0.933. The quantitative estimate of drug-likeness (QED) is 0.226. The van der Waals surface area contributed by atoms with Crippen molar-refractivity contribution in [3.8, 4) is 10.4 Å². The zero-order valence-electron chi connectivity index (χ0n) is 25.1. The minimum absolute atomic E-state index is 0.0185. The van der Waals surface area contributed by atoms with E-state index in [4.69, 9.17) is 0 Å². The molecule has 0 aliphatic heterocycles. The molecule has 13 heteroatoms. The van der Waals surface area contributed by atoms with Gasteiger partial charge in [0.05, 0.1) is 14.8 Å². The lowest BCUT2D eigenvalue weighted by Crippen LogP contribution is -2.45. The van der Waals surface area contributed by atoms with Crippen LogP contribution < -0.4 is 15.4 Å². The van der Waals surface area contributed by atoms with E-state index < -0.39 is 27.7 Å². The summed E-state index contributed by atoms with van der Waals surface area (Å²) in [5.74, 6) is 0.176. The van der Waals surface area contributed by atoms with E-state index >= 15 is 0 Å². The third-order valence-corrected chi connectivity index (χ3v) is 10.1. The fourth-order valence-electron chi connectivity index (χ4n) is 5.34. The van der Waals surface area contributed by atoms with Crippen molar-refractivity contribution >= 4 is 39.2 Å². The number of sulfonamides is 1. The van der Waals surface area contributed by atoms with Crippen LogP contribution in [0.1, 0.15) is 76.8 Å². The van der Waals surface area contributed by atoms with E-state index in [9.17, 15) is 23.1 Å². The lowest BCUT2D eigenvalue weighted by atomic mass is 9.85. The summed E-state index contributed by atoms with van der Waals surface area (Å²) >= 11 is 1.45. The van der Waals surface area contributed by atoms with E-state index in [0.29, 0.717) is 16.1 Å². The Balaban J connectivity index is 1.55. The Morgan fingerprint density at radius 2 is 1.84 bits per heavy atom. The highest BCUT2D eigenvalue weighted by molar-refractivity contribution is 7.89. The molecule has 0 spiro atoms. The van der Waals surface area contributed by atoms with E-state index in [-0.39, 0.29) is 29.4 Å². The van der Waals surface area contributed by atoms with Gasteiger partial charge in [0.1, 0.15) is 0 Å². The minimum atomic E-state index is -3.97. The third kappa shape index (κ3) is 8.52. The van der Waals surface area contributed by atoms with Crippen molar-refractivity contribution < 1.29 is 23.1 Å². The van der Waals surface area contributed by atoms with E-state index in [1.165, 1.54) is 22.3 Å². The van der Waals surface area contributed by atoms with E-state index in [0.717, 1.165) is 36.3 Å². The molecule has 2 aromatic heterocycles.